The molecule has 0 unspecified atom stereocenters. The number of fused-ring (bicyclic) bond motifs is 1. The predicted molar refractivity (Wildman–Crippen MR) is 67.2 cm³/mol. The Hall–Kier alpha value is -2.01. The van der Waals surface area contributed by atoms with Gasteiger partial charge in [0.2, 0.25) is 5.95 Å². The summed E-state index contributed by atoms with van der Waals surface area (Å²) in [6.07, 6.45) is 0. The lowest BCUT2D eigenvalue weighted by Gasteiger charge is -1.97. The first-order chi connectivity index (χ1) is 8.24. The number of thiazole rings is 1. The number of nitrogen functional groups attached to an aromatic ring is 1. The lowest BCUT2D eigenvalue weighted by atomic mass is 10.3. The molecule has 0 saturated heterocycles. The van der Waals surface area contributed by atoms with Crippen LogP contribution in [0.4, 0.5) is 10.1 Å². The summed E-state index contributed by atoms with van der Waals surface area (Å²) in [5, 5.41) is 0.699. The molecular weight excluding hydrogens is 237 g/mol. The number of anilines is 1. The molecule has 2 aromatic heterocycles. The van der Waals surface area contributed by atoms with E-state index in [-0.39, 0.29) is 5.69 Å². The van der Waals surface area contributed by atoms with Gasteiger partial charge in [0.15, 0.2) is 0 Å². The molecule has 3 aromatic rings. The second-order valence-electron chi connectivity index (χ2n) is 3.56. The van der Waals surface area contributed by atoms with Gasteiger partial charge in [0, 0.05) is 0 Å². The summed E-state index contributed by atoms with van der Waals surface area (Å²) in [5.74, 6) is -0.651. The predicted octanol–water partition coefficient (Wildman–Crippen LogP) is 3.08. The number of nitrogens with zero attached hydrogens (tertiary/aromatic N) is 2. The molecule has 0 bridgehead atoms. The van der Waals surface area contributed by atoms with E-state index in [1.54, 1.807) is 6.07 Å². The van der Waals surface area contributed by atoms with Gasteiger partial charge in [0.05, 0.1) is 15.9 Å². The van der Waals surface area contributed by atoms with E-state index < -0.39 is 5.95 Å². The van der Waals surface area contributed by atoms with Crippen molar-refractivity contribution >= 4 is 27.2 Å². The Morgan fingerprint density at radius 3 is 2.65 bits per heavy atom. The largest absolute Gasteiger partial charge is 0.395 e. The highest BCUT2D eigenvalue weighted by Crippen LogP contribution is 2.29. The summed E-state index contributed by atoms with van der Waals surface area (Å²) in [4.78, 5) is 8.20. The van der Waals surface area contributed by atoms with Crippen molar-refractivity contribution in [3.63, 3.8) is 0 Å². The molecule has 0 fully saturated rings. The number of nitrogens with two attached hydrogens (primary N) is 1. The maximum Gasteiger partial charge on any atom is 0.236 e. The van der Waals surface area contributed by atoms with Crippen LogP contribution in [0.2, 0.25) is 0 Å². The highest BCUT2D eigenvalue weighted by molar-refractivity contribution is 7.21. The molecule has 0 saturated carbocycles. The van der Waals surface area contributed by atoms with Crippen LogP contribution >= 0.6 is 11.3 Å². The van der Waals surface area contributed by atoms with E-state index in [4.69, 9.17) is 5.73 Å². The van der Waals surface area contributed by atoms with Crippen LogP contribution in [0.1, 0.15) is 0 Å². The summed E-state index contributed by atoms with van der Waals surface area (Å²) >= 11 is 1.48. The molecule has 0 aliphatic heterocycles. The molecule has 1 aromatic carbocycles. The van der Waals surface area contributed by atoms with Crippen LogP contribution in [-0.4, -0.2) is 9.97 Å². The van der Waals surface area contributed by atoms with E-state index in [0.29, 0.717) is 10.7 Å². The van der Waals surface area contributed by atoms with E-state index in [2.05, 4.69) is 9.97 Å². The smallest absolute Gasteiger partial charge is 0.236 e. The average molecular weight is 245 g/mol. The quantitative estimate of drug-likeness (QED) is 0.670. The van der Waals surface area contributed by atoms with Crippen LogP contribution in [0, 0.1) is 5.95 Å². The van der Waals surface area contributed by atoms with Crippen LogP contribution < -0.4 is 5.73 Å². The number of para-hydroxylation sites is 1. The van der Waals surface area contributed by atoms with Crippen molar-refractivity contribution in [2.75, 3.05) is 5.73 Å². The van der Waals surface area contributed by atoms with Crippen LogP contribution in [0.3, 0.4) is 0 Å². The monoisotopic (exact) mass is 245 g/mol. The third kappa shape index (κ3) is 1.74. The van der Waals surface area contributed by atoms with E-state index >= 15 is 0 Å². The topological polar surface area (TPSA) is 51.8 Å². The number of rotatable bonds is 1. The first-order valence-electron chi connectivity index (χ1n) is 5.02. The third-order valence-corrected chi connectivity index (χ3v) is 3.45. The van der Waals surface area contributed by atoms with Gasteiger partial charge in [-0.25, -0.2) is 9.97 Å². The minimum absolute atomic E-state index is 0.0508. The van der Waals surface area contributed by atoms with Gasteiger partial charge >= 0.3 is 0 Å². The second kappa shape index (κ2) is 3.78. The minimum atomic E-state index is -0.651. The molecule has 17 heavy (non-hydrogen) atoms. The molecule has 0 spiro atoms. The van der Waals surface area contributed by atoms with E-state index in [9.17, 15) is 4.39 Å². The van der Waals surface area contributed by atoms with Crippen molar-refractivity contribution in [1.29, 1.82) is 0 Å². The first kappa shape index (κ1) is 10.2. The molecule has 0 radical (unpaired) electrons. The summed E-state index contributed by atoms with van der Waals surface area (Å²) in [7, 11) is 0. The maximum atomic E-state index is 13.3. The fourth-order valence-electron chi connectivity index (χ4n) is 1.55. The normalized spacial score (nSPS) is 10.9. The number of aromatic nitrogens is 2. The SMILES string of the molecule is Nc1ccc(-c2nc3ccccc3s2)nc1F. The summed E-state index contributed by atoms with van der Waals surface area (Å²) in [5.41, 5.74) is 6.85. The van der Waals surface area contributed by atoms with Gasteiger partial charge < -0.3 is 5.73 Å². The fraction of sp³-hybridized carbons (Fsp3) is 0. The molecule has 5 heteroatoms. The minimum Gasteiger partial charge on any atom is -0.395 e. The highest BCUT2D eigenvalue weighted by atomic mass is 32.1. The van der Waals surface area contributed by atoms with Crippen molar-refractivity contribution in [2.24, 2.45) is 0 Å². The molecule has 2 N–H and O–H groups in total. The standard InChI is InChI=1S/C12H8FN3S/c13-11-7(14)5-6-9(15-11)12-16-8-3-1-2-4-10(8)17-12/h1-6H,14H2. The van der Waals surface area contributed by atoms with E-state index in [1.165, 1.54) is 17.4 Å². The van der Waals surface area contributed by atoms with Crippen molar-refractivity contribution < 1.29 is 4.39 Å². The fourth-order valence-corrected chi connectivity index (χ4v) is 2.48. The Balaban J connectivity index is 2.17. The van der Waals surface area contributed by atoms with Gasteiger partial charge in [-0.1, -0.05) is 12.1 Å². The average Bonchev–Trinajstić information content (AvgIpc) is 2.76. The number of benzene rings is 1. The Morgan fingerprint density at radius 1 is 1.06 bits per heavy atom. The Labute approximate surface area is 101 Å². The van der Waals surface area contributed by atoms with Crippen LogP contribution in [0.5, 0.6) is 0 Å². The van der Waals surface area contributed by atoms with Crippen molar-refractivity contribution in [2.45, 2.75) is 0 Å². The molecule has 0 atom stereocenters. The van der Waals surface area contributed by atoms with Gasteiger partial charge in [-0.3, -0.25) is 0 Å². The molecule has 3 rings (SSSR count). The Morgan fingerprint density at radius 2 is 1.88 bits per heavy atom. The number of pyridine rings is 1. The lowest BCUT2D eigenvalue weighted by Crippen LogP contribution is -1.94. The zero-order chi connectivity index (χ0) is 11.8. The van der Waals surface area contributed by atoms with Gasteiger partial charge in [-0.05, 0) is 24.3 Å². The zero-order valence-corrected chi connectivity index (χ0v) is 9.54. The van der Waals surface area contributed by atoms with Crippen LogP contribution in [0.15, 0.2) is 36.4 Å². The molecule has 84 valence electrons. The van der Waals surface area contributed by atoms with Gasteiger partial charge in [-0.15, -0.1) is 11.3 Å². The van der Waals surface area contributed by atoms with Crippen molar-refractivity contribution in [1.82, 2.24) is 9.97 Å². The van der Waals surface area contributed by atoms with Crippen LogP contribution in [0.25, 0.3) is 20.9 Å². The van der Waals surface area contributed by atoms with Crippen molar-refractivity contribution in [3.05, 3.63) is 42.3 Å². The van der Waals surface area contributed by atoms with E-state index in [0.717, 1.165) is 10.2 Å². The first-order valence-corrected chi connectivity index (χ1v) is 5.83. The molecule has 2 heterocycles. The third-order valence-electron chi connectivity index (χ3n) is 2.39. The number of hydrogen-bond acceptors (Lipinski definition) is 4. The summed E-state index contributed by atoms with van der Waals surface area (Å²) in [6.45, 7) is 0. The van der Waals surface area contributed by atoms with Gasteiger partial charge in [-0.2, -0.15) is 4.39 Å². The van der Waals surface area contributed by atoms with Gasteiger partial charge in [0.25, 0.3) is 0 Å². The Kier molecular flexibility index (Phi) is 2.26. The van der Waals surface area contributed by atoms with E-state index in [1.807, 2.05) is 24.3 Å². The number of halogens is 1. The number of hydrogen-bond donors (Lipinski definition) is 1. The highest BCUT2D eigenvalue weighted by Gasteiger charge is 2.09. The van der Waals surface area contributed by atoms with Gasteiger partial charge in [0.1, 0.15) is 10.7 Å². The summed E-state index contributed by atoms with van der Waals surface area (Å²) in [6, 6.07) is 10.9. The van der Waals surface area contributed by atoms with Crippen LogP contribution in [-0.2, 0) is 0 Å². The maximum absolute atomic E-state index is 13.3. The lowest BCUT2D eigenvalue weighted by molar-refractivity contribution is 0.590. The molecule has 3 nitrogen and oxygen atoms in total. The van der Waals surface area contributed by atoms with Crippen molar-refractivity contribution in [3.8, 4) is 10.7 Å². The second-order valence-corrected chi connectivity index (χ2v) is 4.59. The molecule has 0 amide bonds. The summed E-state index contributed by atoms with van der Waals surface area (Å²) < 4.78 is 14.3. The molecule has 0 aliphatic rings. The zero-order valence-electron chi connectivity index (χ0n) is 8.72. The molecular formula is C12H8FN3S. The Bertz CT molecular complexity index is 660. The molecule has 0 aliphatic carbocycles.